The Bertz CT molecular complexity index is 1310. The molecule has 3 aliphatic carbocycles. The van der Waals surface area contributed by atoms with Gasteiger partial charge in [0.1, 0.15) is 0 Å². The van der Waals surface area contributed by atoms with Crippen LogP contribution in [0.25, 0.3) is 5.57 Å². The fourth-order valence-corrected chi connectivity index (χ4v) is 4.33. The molecular formula is C28H26F6N2O3. The van der Waals surface area contributed by atoms with Gasteiger partial charge in [0.15, 0.2) is 5.78 Å². The lowest BCUT2D eigenvalue weighted by Crippen LogP contribution is -2.28. The fraction of sp³-hybridized carbons (Fsp3) is 0.393. The minimum atomic E-state index is -5.03. The minimum Gasteiger partial charge on any atom is -0.369 e. The van der Waals surface area contributed by atoms with Crippen molar-refractivity contribution < 1.29 is 40.7 Å². The largest absolute Gasteiger partial charge is 0.417 e. The number of nitrogens with two attached hydrogens (primary N) is 1. The topological polar surface area (TPSA) is 89.3 Å². The highest BCUT2D eigenvalue weighted by atomic mass is 19.4. The molecule has 3 aliphatic rings. The molecule has 0 heterocycles. The van der Waals surface area contributed by atoms with E-state index in [-0.39, 0.29) is 35.3 Å². The number of primary amides is 1. The van der Waals surface area contributed by atoms with Crippen molar-refractivity contribution in [2.45, 2.75) is 56.9 Å². The zero-order valence-corrected chi connectivity index (χ0v) is 20.7. The van der Waals surface area contributed by atoms with E-state index in [0.29, 0.717) is 31.1 Å². The van der Waals surface area contributed by atoms with E-state index in [0.717, 1.165) is 48.9 Å². The van der Waals surface area contributed by atoms with Crippen LogP contribution in [0.2, 0.25) is 0 Å². The maximum atomic E-state index is 13.6. The van der Waals surface area contributed by atoms with Crippen molar-refractivity contribution in [3.63, 3.8) is 0 Å². The number of alkyl halides is 6. The van der Waals surface area contributed by atoms with Gasteiger partial charge >= 0.3 is 12.4 Å². The average molecular weight is 553 g/mol. The van der Waals surface area contributed by atoms with Crippen LogP contribution in [0.4, 0.5) is 26.3 Å². The van der Waals surface area contributed by atoms with E-state index in [1.807, 2.05) is 0 Å². The number of aryl methyl sites for hydroxylation is 1. The van der Waals surface area contributed by atoms with E-state index in [2.05, 4.69) is 5.32 Å². The van der Waals surface area contributed by atoms with Crippen molar-refractivity contribution in [2.24, 2.45) is 17.6 Å². The second-order valence-corrected chi connectivity index (χ2v) is 9.96. The van der Waals surface area contributed by atoms with Crippen LogP contribution in [0, 0.1) is 11.8 Å². The summed E-state index contributed by atoms with van der Waals surface area (Å²) < 4.78 is 79.7. The van der Waals surface area contributed by atoms with Crippen molar-refractivity contribution in [1.29, 1.82) is 0 Å². The summed E-state index contributed by atoms with van der Waals surface area (Å²) in [5, 5.41) is 2.96. The maximum absolute atomic E-state index is 13.6. The number of carbonyl (C=O) groups excluding carboxylic acids is 3. The standard InChI is InChI=1S/C24H19F6NO2.C4H7NO/c25-23(26,27)17-3-1-2-15(11-17)19(24(28,29)30)12-21(32)16-6-8-18-14(10-16)7-9-20(18)31-22(33)13-4-5-13;5-4(6)3-1-2-3/h1-3,6,8,10-13,20H,4-5,7,9H2,(H,31,33);3H,1-2H2,(H2,5,6). The number of hydrogen-bond acceptors (Lipinski definition) is 3. The Morgan fingerprint density at radius 1 is 0.846 bits per heavy atom. The van der Waals surface area contributed by atoms with Crippen LogP contribution in [0.15, 0.2) is 48.5 Å². The summed E-state index contributed by atoms with van der Waals surface area (Å²) in [6.45, 7) is 0. The Kier molecular flexibility index (Phi) is 7.90. The van der Waals surface area contributed by atoms with Gasteiger partial charge in [0, 0.05) is 17.4 Å². The lowest BCUT2D eigenvalue weighted by Gasteiger charge is -2.15. The van der Waals surface area contributed by atoms with Crippen LogP contribution in [-0.4, -0.2) is 23.8 Å². The van der Waals surface area contributed by atoms with Crippen molar-refractivity contribution in [3.05, 3.63) is 76.4 Å². The Labute approximate surface area is 220 Å². The number of nitrogens with one attached hydrogen (secondary N) is 1. The number of halogens is 6. The second-order valence-electron chi connectivity index (χ2n) is 9.96. The first kappa shape index (κ1) is 28.4. The highest BCUT2D eigenvalue weighted by Crippen LogP contribution is 2.38. The summed E-state index contributed by atoms with van der Waals surface area (Å²) in [7, 11) is 0. The third kappa shape index (κ3) is 7.27. The summed E-state index contributed by atoms with van der Waals surface area (Å²) in [6, 6.07) is 7.06. The van der Waals surface area contributed by atoms with Gasteiger partial charge in [-0.05, 0) is 79.5 Å². The quantitative estimate of drug-likeness (QED) is 0.265. The Hall–Kier alpha value is -3.63. The number of carbonyl (C=O) groups is 3. The smallest absolute Gasteiger partial charge is 0.369 e. The second kappa shape index (κ2) is 10.9. The first-order chi connectivity index (χ1) is 18.2. The van der Waals surface area contributed by atoms with Gasteiger partial charge < -0.3 is 11.1 Å². The molecule has 2 fully saturated rings. The molecule has 39 heavy (non-hydrogen) atoms. The zero-order valence-electron chi connectivity index (χ0n) is 20.7. The van der Waals surface area contributed by atoms with E-state index in [9.17, 15) is 40.7 Å². The van der Waals surface area contributed by atoms with Crippen LogP contribution in [-0.2, 0) is 22.2 Å². The van der Waals surface area contributed by atoms with Crippen molar-refractivity contribution in [1.82, 2.24) is 5.32 Å². The molecule has 2 amide bonds. The molecule has 2 saturated carbocycles. The van der Waals surface area contributed by atoms with Crippen molar-refractivity contribution >= 4 is 23.2 Å². The number of fused-ring (bicyclic) bond motifs is 1. The number of hydrogen-bond donors (Lipinski definition) is 2. The highest BCUT2D eigenvalue weighted by Gasteiger charge is 2.38. The first-order valence-electron chi connectivity index (χ1n) is 12.5. The van der Waals surface area contributed by atoms with E-state index < -0.39 is 34.8 Å². The molecule has 0 saturated heterocycles. The Morgan fingerprint density at radius 3 is 2.05 bits per heavy atom. The molecule has 0 bridgehead atoms. The summed E-state index contributed by atoms with van der Waals surface area (Å²) in [4.78, 5) is 34.7. The summed E-state index contributed by atoms with van der Waals surface area (Å²) >= 11 is 0. The number of benzene rings is 2. The van der Waals surface area contributed by atoms with Gasteiger partial charge in [0.05, 0.1) is 17.2 Å². The molecule has 2 aromatic rings. The van der Waals surface area contributed by atoms with Gasteiger partial charge in [0.2, 0.25) is 11.8 Å². The van der Waals surface area contributed by atoms with Crippen LogP contribution in [0.3, 0.4) is 0 Å². The first-order valence-corrected chi connectivity index (χ1v) is 12.5. The summed E-state index contributed by atoms with van der Waals surface area (Å²) in [5.41, 5.74) is 3.00. The molecule has 0 aliphatic heterocycles. The molecule has 3 N–H and O–H groups in total. The van der Waals surface area contributed by atoms with Gasteiger partial charge in [-0.25, -0.2) is 0 Å². The molecule has 0 aromatic heterocycles. The third-order valence-corrected chi connectivity index (χ3v) is 6.83. The molecule has 1 atom stereocenters. The normalized spacial score (nSPS) is 19.0. The van der Waals surface area contributed by atoms with E-state index in [1.165, 1.54) is 12.1 Å². The van der Waals surface area contributed by atoms with Crippen molar-refractivity contribution in [3.8, 4) is 0 Å². The molecule has 5 rings (SSSR count). The van der Waals surface area contributed by atoms with E-state index in [4.69, 9.17) is 5.73 Å². The van der Waals surface area contributed by atoms with Gasteiger partial charge in [0.25, 0.3) is 0 Å². The fourth-order valence-electron chi connectivity index (χ4n) is 4.33. The van der Waals surface area contributed by atoms with E-state index >= 15 is 0 Å². The number of allylic oxidation sites excluding steroid dienone is 2. The SMILES string of the molecule is NC(=O)C1CC1.O=C(C=C(c1cccc(C(F)(F)F)c1)C(F)(F)F)c1ccc2c(c1)CCC2NC(=O)C1CC1. The van der Waals surface area contributed by atoms with Crippen molar-refractivity contribution in [2.75, 3.05) is 0 Å². The number of amides is 2. The molecule has 208 valence electrons. The molecular weight excluding hydrogens is 526 g/mol. The van der Waals surface area contributed by atoms with Crippen LogP contribution >= 0.6 is 0 Å². The van der Waals surface area contributed by atoms with Gasteiger partial charge in [-0.3, -0.25) is 14.4 Å². The van der Waals surface area contributed by atoms with E-state index in [1.54, 1.807) is 6.07 Å². The lowest BCUT2D eigenvalue weighted by atomic mass is 9.97. The Morgan fingerprint density at radius 2 is 1.51 bits per heavy atom. The van der Waals surface area contributed by atoms with Crippen LogP contribution in [0.5, 0.6) is 0 Å². The Balaban J connectivity index is 0.000000519. The average Bonchev–Trinajstić information content (AvgIpc) is 3.78. The predicted octanol–water partition coefficient (Wildman–Crippen LogP) is 5.93. The molecule has 0 spiro atoms. The van der Waals surface area contributed by atoms with Crippen LogP contribution < -0.4 is 11.1 Å². The maximum Gasteiger partial charge on any atom is 0.417 e. The lowest BCUT2D eigenvalue weighted by molar-refractivity contribution is -0.137. The predicted molar refractivity (Wildman–Crippen MR) is 130 cm³/mol. The number of ketones is 1. The molecule has 5 nitrogen and oxygen atoms in total. The minimum absolute atomic E-state index is 0.00311. The molecule has 0 radical (unpaired) electrons. The van der Waals surface area contributed by atoms with Gasteiger partial charge in [-0.2, -0.15) is 26.3 Å². The van der Waals surface area contributed by atoms with Crippen LogP contribution in [0.1, 0.15) is 70.8 Å². The summed E-state index contributed by atoms with van der Waals surface area (Å²) in [6.07, 6.45) is -4.58. The monoisotopic (exact) mass is 552 g/mol. The summed E-state index contributed by atoms with van der Waals surface area (Å²) in [5.74, 6) is -0.837. The highest BCUT2D eigenvalue weighted by molar-refractivity contribution is 6.09. The molecule has 11 heteroatoms. The molecule has 2 aromatic carbocycles. The number of rotatable bonds is 6. The molecule has 1 unspecified atom stereocenters. The zero-order chi connectivity index (χ0) is 28.5. The van der Waals surface area contributed by atoms with Gasteiger partial charge in [-0.15, -0.1) is 0 Å². The third-order valence-electron chi connectivity index (χ3n) is 6.83. The van der Waals surface area contributed by atoms with Gasteiger partial charge in [-0.1, -0.05) is 24.3 Å².